The third-order valence-corrected chi connectivity index (χ3v) is 8.47. The van der Waals surface area contributed by atoms with Gasteiger partial charge in [0.15, 0.2) is 0 Å². The largest absolute Gasteiger partial charge is 0.483 e. The van der Waals surface area contributed by atoms with Crippen LogP contribution in [0.4, 0.5) is 5.13 Å². The zero-order chi connectivity index (χ0) is 21.4. The molecule has 3 aliphatic heterocycles. The van der Waals surface area contributed by atoms with E-state index in [1.54, 1.807) is 35.6 Å². The van der Waals surface area contributed by atoms with Crippen molar-refractivity contribution in [2.75, 3.05) is 24.5 Å². The fraction of sp³-hybridized carbons (Fsp3) is 0.526. The molecule has 2 bridgehead atoms. The van der Waals surface area contributed by atoms with Gasteiger partial charge in [0.25, 0.3) is 6.47 Å². The van der Waals surface area contributed by atoms with Crippen molar-refractivity contribution in [1.29, 1.82) is 0 Å². The molecule has 2 aromatic rings. The number of ether oxygens (including phenoxy) is 1. The first-order valence-corrected chi connectivity index (χ1v) is 12.0. The summed E-state index contributed by atoms with van der Waals surface area (Å²) in [5.41, 5.74) is -0.160. The highest BCUT2D eigenvalue weighted by atomic mass is 32.2. The Morgan fingerprint density at radius 2 is 2.10 bits per heavy atom. The number of hydrogen-bond acceptors (Lipinski definition) is 8. The molecule has 2 N–H and O–H groups in total. The number of sulfonamides is 1. The van der Waals surface area contributed by atoms with E-state index < -0.39 is 10.0 Å². The highest BCUT2D eigenvalue weighted by Gasteiger charge is 2.63. The van der Waals surface area contributed by atoms with Gasteiger partial charge >= 0.3 is 0 Å². The average Bonchev–Trinajstić information content (AvgIpc) is 3.48. The van der Waals surface area contributed by atoms with Gasteiger partial charge in [-0.15, -0.1) is 10.2 Å². The number of anilines is 1. The average molecular weight is 453 g/mol. The summed E-state index contributed by atoms with van der Waals surface area (Å²) in [5.74, 6) is 0.509. The van der Waals surface area contributed by atoms with Crippen LogP contribution in [0.5, 0.6) is 0 Å². The number of hydrogen-bond donors (Lipinski definition) is 2. The molecule has 0 aliphatic carbocycles. The van der Waals surface area contributed by atoms with Gasteiger partial charge in [0, 0.05) is 31.5 Å². The lowest BCUT2D eigenvalue weighted by molar-refractivity contribution is -0.122. The highest BCUT2D eigenvalue weighted by Crippen LogP contribution is 2.55. The Labute approximate surface area is 179 Å². The second kappa shape index (κ2) is 8.22. The normalized spacial score (nSPS) is 29.4. The SMILES string of the molecule is Cc1nnc(N2C[C@@H]3[C@H](CNS(=O)(=O)c4ccccc4)[C@H]4CC[C@]3(C2)O4)s1.O=CO. The molecule has 5 rings (SSSR count). The number of aromatic nitrogens is 2. The maximum atomic E-state index is 12.6. The quantitative estimate of drug-likeness (QED) is 0.655. The Hall–Kier alpha value is -2.08. The fourth-order valence-corrected chi connectivity index (χ4v) is 6.70. The molecule has 30 heavy (non-hydrogen) atoms. The van der Waals surface area contributed by atoms with Crippen molar-refractivity contribution in [3.05, 3.63) is 35.3 Å². The van der Waals surface area contributed by atoms with Crippen LogP contribution in [0, 0.1) is 18.8 Å². The molecule has 4 atom stereocenters. The van der Waals surface area contributed by atoms with Crippen LogP contribution < -0.4 is 9.62 Å². The van der Waals surface area contributed by atoms with E-state index in [1.165, 1.54) is 0 Å². The molecule has 3 fully saturated rings. The first-order chi connectivity index (χ1) is 14.4. The van der Waals surface area contributed by atoms with Gasteiger partial charge in [-0.05, 0) is 31.9 Å². The Bertz CT molecular complexity index is 999. The van der Waals surface area contributed by atoms with Crippen molar-refractivity contribution in [2.45, 2.75) is 36.4 Å². The summed E-state index contributed by atoms with van der Waals surface area (Å²) in [6.07, 6.45) is 2.18. The third kappa shape index (κ3) is 3.82. The molecule has 1 spiro atoms. The van der Waals surface area contributed by atoms with E-state index in [-0.39, 0.29) is 24.1 Å². The van der Waals surface area contributed by atoms with Gasteiger partial charge in [-0.1, -0.05) is 29.5 Å². The van der Waals surface area contributed by atoms with Crippen LogP contribution in [0.2, 0.25) is 0 Å². The van der Waals surface area contributed by atoms with Crippen molar-refractivity contribution < 1.29 is 23.1 Å². The Kier molecular flexibility index (Phi) is 5.80. The van der Waals surface area contributed by atoms with Crippen LogP contribution in [0.3, 0.4) is 0 Å². The van der Waals surface area contributed by atoms with Crippen molar-refractivity contribution >= 4 is 33.0 Å². The van der Waals surface area contributed by atoms with Gasteiger partial charge in [0.1, 0.15) is 5.01 Å². The van der Waals surface area contributed by atoms with Gasteiger partial charge in [0.05, 0.1) is 16.6 Å². The second-order valence-corrected chi connectivity index (χ2v) is 10.7. The molecule has 0 unspecified atom stereocenters. The van der Waals surface area contributed by atoms with Crippen LogP contribution in [0.1, 0.15) is 17.8 Å². The first-order valence-electron chi connectivity index (χ1n) is 9.74. The monoisotopic (exact) mass is 452 g/mol. The van der Waals surface area contributed by atoms with Crippen molar-refractivity contribution in [3.8, 4) is 0 Å². The molecular weight excluding hydrogens is 428 g/mol. The summed E-state index contributed by atoms with van der Waals surface area (Å²) in [5, 5.41) is 17.2. The summed E-state index contributed by atoms with van der Waals surface area (Å²) in [4.78, 5) is 10.9. The molecule has 1 aromatic carbocycles. The summed E-state index contributed by atoms with van der Waals surface area (Å²) >= 11 is 1.60. The molecule has 11 heteroatoms. The molecule has 1 aromatic heterocycles. The second-order valence-electron chi connectivity index (χ2n) is 7.78. The fourth-order valence-electron chi connectivity index (χ4n) is 4.91. The molecule has 4 heterocycles. The smallest absolute Gasteiger partial charge is 0.290 e. The van der Waals surface area contributed by atoms with Crippen LogP contribution in [0.15, 0.2) is 35.2 Å². The van der Waals surface area contributed by atoms with Crippen LogP contribution in [-0.4, -0.2) is 61.5 Å². The summed E-state index contributed by atoms with van der Waals surface area (Å²) < 4.78 is 34.4. The van der Waals surface area contributed by atoms with E-state index in [0.29, 0.717) is 17.4 Å². The summed E-state index contributed by atoms with van der Waals surface area (Å²) in [7, 11) is -3.50. The number of nitrogens with one attached hydrogen (secondary N) is 1. The van der Waals surface area contributed by atoms with Crippen molar-refractivity contribution in [1.82, 2.24) is 14.9 Å². The number of fused-ring (bicyclic) bond motifs is 1. The lowest BCUT2D eigenvalue weighted by atomic mass is 9.74. The minimum atomic E-state index is -3.50. The van der Waals surface area contributed by atoms with Crippen LogP contribution in [-0.2, 0) is 19.6 Å². The number of carbonyl (C=O) groups is 1. The lowest BCUT2D eigenvalue weighted by Gasteiger charge is -2.29. The molecule has 3 aliphatic rings. The molecule has 0 saturated carbocycles. The van der Waals surface area contributed by atoms with Gasteiger partial charge in [-0.2, -0.15) is 0 Å². The Morgan fingerprint density at radius 1 is 1.37 bits per heavy atom. The zero-order valence-electron chi connectivity index (χ0n) is 16.5. The minimum absolute atomic E-state index is 0.145. The van der Waals surface area contributed by atoms with Crippen LogP contribution >= 0.6 is 11.3 Å². The molecule has 0 amide bonds. The topological polar surface area (TPSA) is 122 Å². The molecule has 0 radical (unpaired) electrons. The number of carboxylic acid groups (broad SMARTS) is 1. The predicted molar refractivity (Wildman–Crippen MR) is 111 cm³/mol. The molecule has 162 valence electrons. The van der Waals surface area contributed by atoms with Gasteiger partial charge in [-0.25, -0.2) is 13.1 Å². The maximum absolute atomic E-state index is 12.6. The van der Waals surface area contributed by atoms with E-state index in [9.17, 15) is 8.42 Å². The third-order valence-electron chi connectivity index (χ3n) is 6.13. The number of rotatable bonds is 5. The maximum Gasteiger partial charge on any atom is 0.290 e. The molecule has 3 saturated heterocycles. The Balaban J connectivity index is 0.000000687. The Morgan fingerprint density at radius 3 is 2.77 bits per heavy atom. The van der Waals surface area contributed by atoms with Crippen molar-refractivity contribution in [2.24, 2.45) is 11.8 Å². The van der Waals surface area contributed by atoms with E-state index in [4.69, 9.17) is 14.6 Å². The standard InChI is InChI=1S/C18H22N4O3S2.CH2O2/c1-12-20-21-17(26-12)22-10-15-14(16-7-8-18(15,11-22)25-16)9-19-27(23,24)13-5-3-2-4-6-13;2-1-3/h2-6,14-16,19H,7-11H2,1H3;1H,(H,2,3)/t14-,15+,16+,18+;/m0./s1. The number of nitrogens with zero attached hydrogens (tertiary/aromatic N) is 3. The zero-order valence-corrected chi connectivity index (χ0v) is 18.1. The van der Waals surface area contributed by atoms with E-state index in [2.05, 4.69) is 19.8 Å². The van der Waals surface area contributed by atoms with Crippen LogP contribution in [0.25, 0.3) is 0 Å². The number of benzene rings is 1. The molecular formula is C19H24N4O5S2. The summed E-state index contributed by atoms with van der Waals surface area (Å²) in [6.45, 7) is 3.80. The predicted octanol–water partition coefficient (Wildman–Crippen LogP) is 1.51. The van der Waals surface area contributed by atoms with Gasteiger partial charge in [0.2, 0.25) is 15.2 Å². The minimum Gasteiger partial charge on any atom is -0.483 e. The first kappa shape index (κ1) is 21.2. The number of aryl methyl sites for hydroxylation is 1. The van der Waals surface area contributed by atoms with E-state index >= 15 is 0 Å². The van der Waals surface area contributed by atoms with E-state index in [0.717, 1.165) is 36.1 Å². The highest BCUT2D eigenvalue weighted by molar-refractivity contribution is 7.89. The molecule has 9 nitrogen and oxygen atoms in total. The van der Waals surface area contributed by atoms with E-state index in [1.807, 2.05) is 13.0 Å². The van der Waals surface area contributed by atoms with Gasteiger partial charge < -0.3 is 14.7 Å². The summed E-state index contributed by atoms with van der Waals surface area (Å²) in [6, 6.07) is 8.54. The lowest BCUT2D eigenvalue weighted by Crippen LogP contribution is -2.41. The van der Waals surface area contributed by atoms with Crippen molar-refractivity contribution in [3.63, 3.8) is 0 Å². The van der Waals surface area contributed by atoms with Gasteiger partial charge in [-0.3, -0.25) is 4.79 Å².